The molecular formula is C17H12N4O. The molecule has 1 N–H and O–H groups in total. The van der Waals surface area contributed by atoms with E-state index in [-0.39, 0.29) is 5.56 Å². The Hall–Kier alpha value is -3.21. The molecule has 0 bridgehead atoms. The molecule has 3 heterocycles. The highest BCUT2D eigenvalue weighted by Crippen LogP contribution is 2.19. The monoisotopic (exact) mass is 288 g/mol. The van der Waals surface area contributed by atoms with Gasteiger partial charge >= 0.3 is 0 Å². The van der Waals surface area contributed by atoms with Crippen LogP contribution in [0.1, 0.15) is 0 Å². The number of hydrogen-bond donors (Lipinski definition) is 1. The zero-order valence-electron chi connectivity index (χ0n) is 11.6. The van der Waals surface area contributed by atoms with Gasteiger partial charge in [-0.05, 0) is 17.7 Å². The van der Waals surface area contributed by atoms with Crippen molar-refractivity contribution in [1.82, 2.24) is 19.6 Å². The number of hydrogen-bond acceptors (Lipinski definition) is 3. The van der Waals surface area contributed by atoms with Crippen molar-refractivity contribution in [3.8, 4) is 22.5 Å². The summed E-state index contributed by atoms with van der Waals surface area (Å²) >= 11 is 0. The molecule has 0 aliphatic carbocycles. The van der Waals surface area contributed by atoms with Crippen molar-refractivity contribution in [2.24, 2.45) is 0 Å². The van der Waals surface area contributed by atoms with Crippen LogP contribution < -0.4 is 5.56 Å². The van der Waals surface area contributed by atoms with E-state index in [1.165, 1.54) is 10.6 Å². The Morgan fingerprint density at radius 2 is 1.77 bits per heavy atom. The number of benzene rings is 1. The molecule has 0 saturated heterocycles. The minimum atomic E-state index is -0.147. The lowest BCUT2D eigenvalue weighted by molar-refractivity contribution is 0.904. The molecule has 0 aliphatic rings. The first-order valence-electron chi connectivity index (χ1n) is 6.90. The smallest absolute Gasteiger partial charge is 0.273 e. The molecule has 106 valence electrons. The Morgan fingerprint density at radius 1 is 0.955 bits per heavy atom. The standard InChI is InChI=1S/C17H12N4O/c22-17-10-14(13-7-4-8-18-11-13)19-16-9-15(20-21(16)17)12-5-2-1-3-6-12/h1-11,20H. The van der Waals surface area contributed by atoms with Crippen LogP contribution in [0.15, 0.2) is 71.8 Å². The van der Waals surface area contributed by atoms with Crippen molar-refractivity contribution < 1.29 is 0 Å². The van der Waals surface area contributed by atoms with Crippen LogP contribution in [0.25, 0.3) is 28.2 Å². The lowest BCUT2D eigenvalue weighted by Gasteiger charge is -1.99. The van der Waals surface area contributed by atoms with Crippen LogP contribution in [-0.4, -0.2) is 19.6 Å². The molecule has 0 saturated carbocycles. The summed E-state index contributed by atoms with van der Waals surface area (Å²) in [5, 5.41) is 3.08. The van der Waals surface area contributed by atoms with Crippen molar-refractivity contribution in [2.75, 3.05) is 0 Å². The first-order chi connectivity index (χ1) is 10.8. The minimum absolute atomic E-state index is 0.147. The van der Waals surface area contributed by atoms with Gasteiger partial charge in [0.05, 0.1) is 11.4 Å². The van der Waals surface area contributed by atoms with Crippen molar-refractivity contribution in [2.45, 2.75) is 0 Å². The molecule has 1 aromatic carbocycles. The van der Waals surface area contributed by atoms with Gasteiger partial charge in [0, 0.05) is 30.1 Å². The first-order valence-corrected chi connectivity index (χ1v) is 6.90. The van der Waals surface area contributed by atoms with Crippen LogP contribution in [0.5, 0.6) is 0 Å². The zero-order valence-corrected chi connectivity index (χ0v) is 11.6. The predicted molar refractivity (Wildman–Crippen MR) is 84.5 cm³/mol. The van der Waals surface area contributed by atoms with Gasteiger partial charge in [0.2, 0.25) is 0 Å². The van der Waals surface area contributed by atoms with E-state index in [1.807, 2.05) is 48.5 Å². The van der Waals surface area contributed by atoms with Gasteiger partial charge in [-0.1, -0.05) is 30.3 Å². The minimum Gasteiger partial charge on any atom is -0.289 e. The predicted octanol–water partition coefficient (Wildman–Crippen LogP) is 2.75. The zero-order chi connectivity index (χ0) is 14.9. The summed E-state index contributed by atoms with van der Waals surface area (Å²) in [6, 6.07) is 16.9. The third-order valence-electron chi connectivity index (χ3n) is 3.49. The number of fused-ring (bicyclic) bond motifs is 1. The van der Waals surface area contributed by atoms with Crippen LogP contribution in [0.2, 0.25) is 0 Å². The largest absolute Gasteiger partial charge is 0.289 e. The quantitative estimate of drug-likeness (QED) is 0.617. The third-order valence-corrected chi connectivity index (χ3v) is 3.49. The van der Waals surface area contributed by atoms with Gasteiger partial charge in [-0.3, -0.25) is 14.9 Å². The van der Waals surface area contributed by atoms with Gasteiger partial charge < -0.3 is 0 Å². The van der Waals surface area contributed by atoms with Crippen LogP contribution in [-0.2, 0) is 0 Å². The van der Waals surface area contributed by atoms with Gasteiger partial charge in [-0.15, -0.1) is 0 Å². The topological polar surface area (TPSA) is 63.0 Å². The molecule has 0 unspecified atom stereocenters. The summed E-state index contributed by atoms with van der Waals surface area (Å²) in [4.78, 5) is 20.9. The van der Waals surface area contributed by atoms with E-state index < -0.39 is 0 Å². The van der Waals surface area contributed by atoms with Crippen molar-refractivity contribution in [3.05, 3.63) is 77.3 Å². The van der Waals surface area contributed by atoms with Gasteiger partial charge in [0.25, 0.3) is 5.56 Å². The highest BCUT2D eigenvalue weighted by Gasteiger charge is 2.08. The second-order valence-electron chi connectivity index (χ2n) is 4.95. The van der Waals surface area contributed by atoms with Gasteiger partial charge in [-0.2, -0.15) is 0 Å². The number of aromatic nitrogens is 4. The van der Waals surface area contributed by atoms with Gasteiger partial charge in [-0.25, -0.2) is 9.50 Å². The molecule has 3 aromatic heterocycles. The van der Waals surface area contributed by atoms with Gasteiger partial charge in [0.1, 0.15) is 0 Å². The fourth-order valence-corrected chi connectivity index (χ4v) is 2.42. The molecule has 4 rings (SSSR count). The summed E-state index contributed by atoms with van der Waals surface area (Å²) in [5.74, 6) is 0. The fourth-order valence-electron chi connectivity index (χ4n) is 2.42. The molecule has 0 radical (unpaired) electrons. The molecule has 0 aliphatic heterocycles. The molecule has 0 atom stereocenters. The Kier molecular flexibility index (Phi) is 2.83. The molecule has 0 amide bonds. The summed E-state index contributed by atoms with van der Waals surface area (Å²) in [5.41, 5.74) is 3.75. The molecule has 0 spiro atoms. The van der Waals surface area contributed by atoms with Gasteiger partial charge in [0.15, 0.2) is 5.65 Å². The lowest BCUT2D eigenvalue weighted by Crippen LogP contribution is -2.14. The Balaban J connectivity index is 1.91. The third kappa shape index (κ3) is 2.09. The lowest BCUT2D eigenvalue weighted by atomic mass is 10.1. The average Bonchev–Trinajstić information content (AvgIpc) is 3.01. The van der Waals surface area contributed by atoms with E-state index in [9.17, 15) is 4.79 Å². The molecule has 0 fully saturated rings. The number of aromatic amines is 1. The Bertz CT molecular complexity index is 988. The highest BCUT2D eigenvalue weighted by molar-refractivity contribution is 5.66. The second-order valence-corrected chi connectivity index (χ2v) is 4.95. The van der Waals surface area contributed by atoms with E-state index in [1.54, 1.807) is 12.4 Å². The molecule has 5 heteroatoms. The maximum atomic E-state index is 12.3. The van der Waals surface area contributed by atoms with Crippen LogP contribution in [0.3, 0.4) is 0 Å². The second kappa shape index (κ2) is 4.96. The van der Waals surface area contributed by atoms with Crippen LogP contribution in [0.4, 0.5) is 0 Å². The average molecular weight is 288 g/mol. The fraction of sp³-hybridized carbons (Fsp3) is 0. The number of nitrogens with zero attached hydrogens (tertiary/aromatic N) is 3. The summed E-state index contributed by atoms with van der Waals surface area (Å²) in [7, 11) is 0. The molecule has 4 aromatic rings. The maximum absolute atomic E-state index is 12.3. The summed E-state index contributed by atoms with van der Waals surface area (Å²) < 4.78 is 1.45. The normalized spacial score (nSPS) is 10.9. The summed E-state index contributed by atoms with van der Waals surface area (Å²) in [6.07, 6.45) is 3.39. The van der Waals surface area contributed by atoms with E-state index in [0.29, 0.717) is 11.3 Å². The molecular weight excluding hydrogens is 276 g/mol. The van der Waals surface area contributed by atoms with Crippen molar-refractivity contribution in [3.63, 3.8) is 0 Å². The SMILES string of the molecule is O=c1cc(-c2cccnc2)nc2cc(-c3ccccc3)[nH]n12. The number of nitrogens with one attached hydrogen (secondary N) is 1. The Morgan fingerprint density at radius 3 is 2.55 bits per heavy atom. The van der Waals surface area contributed by atoms with E-state index in [0.717, 1.165) is 16.8 Å². The number of rotatable bonds is 2. The first kappa shape index (κ1) is 12.5. The van der Waals surface area contributed by atoms with E-state index in [4.69, 9.17) is 0 Å². The molecule has 5 nitrogen and oxygen atoms in total. The van der Waals surface area contributed by atoms with E-state index in [2.05, 4.69) is 15.1 Å². The maximum Gasteiger partial charge on any atom is 0.273 e. The van der Waals surface area contributed by atoms with E-state index >= 15 is 0 Å². The highest BCUT2D eigenvalue weighted by atomic mass is 16.1. The van der Waals surface area contributed by atoms with Crippen LogP contribution >= 0.6 is 0 Å². The van der Waals surface area contributed by atoms with Crippen LogP contribution in [0, 0.1) is 0 Å². The Labute approximate surface area is 125 Å². The van der Waals surface area contributed by atoms with Crippen molar-refractivity contribution >= 4 is 5.65 Å². The molecule has 22 heavy (non-hydrogen) atoms. The van der Waals surface area contributed by atoms with Crippen molar-refractivity contribution in [1.29, 1.82) is 0 Å². The summed E-state index contributed by atoms with van der Waals surface area (Å²) in [6.45, 7) is 0. The number of pyridine rings is 1. The number of H-pyrrole nitrogens is 1.